The van der Waals surface area contributed by atoms with E-state index in [0.717, 1.165) is 14.6 Å². The maximum Gasteiger partial charge on any atom is 0.248 e. The molecule has 128 valence electrons. The van der Waals surface area contributed by atoms with Gasteiger partial charge in [0.05, 0.1) is 15.5 Å². The Balaban J connectivity index is 1.66. The summed E-state index contributed by atoms with van der Waals surface area (Å²) in [6.07, 6.45) is 0. The van der Waals surface area contributed by atoms with Crippen LogP contribution < -0.4 is 11.1 Å². The maximum absolute atomic E-state index is 12.3. The van der Waals surface area contributed by atoms with Crippen molar-refractivity contribution in [1.29, 1.82) is 0 Å². The highest BCUT2D eigenvalue weighted by molar-refractivity contribution is 8.02. The van der Waals surface area contributed by atoms with Crippen molar-refractivity contribution in [3.63, 3.8) is 0 Å². The first-order valence-corrected chi connectivity index (χ1v) is 9.43. The van der Waals surface area contributed by atoms with E-state index in [-0.39, 0.29) is 11.2 Å². The van der Waals surface area contributed by atoms with Crippen LogP contribution in [0, 0.1) is 0 Å². The summed E-state index contributed by atoms with van der Waals surface area (Å²) in [4.78, 5) is 27.9. The molecule has 5 nitrogen and oxygen atoms in total. The maximum atomic E-state index is 12.3. The van der Waals surface area contributed by atoms with Crippen molar-refractivity contribution in [2.45, 2.75) is 16.5 Å². The average Bonchev–Trinajstić information content (AvgIpc) is 2.96. The number of primary amides is 1. The number of thiazole rings is 1. The Morgan fingerprint density at radius 1 is 1.24 bits per heavy atom. The number of carbonyl (C=O) groups excluding carboxylic acids is 2. The summed E-state index contributed by atoms with van der Waals surface area (Å²) in [7, 11) is 0. The number of fused-ring (bicyclic) bond motifs is 1. The highest BCUT2D eigenvalue weighted by atomic mass is 35.5. The number of nitrogens with zero attached hydrogens (tertiary/aromatic N) is 1. The van der Waals surface area contributed by atoms with Crippen LogP contribution in [0.15, 0.2) is 46.8 Å². The Bertz CT molecular complexity index is 941. The summed E-state index contributed by atoms with van der Waals surface area (Å²) in [6, 6.07) is 12.0. The summed E-state index contributed by atoms with van der Waals surface area (Å²) < 4.78 is 1.84. The molecule has 0 spiro atoms. The molecule has 8 heteroatoms. The minimum atomic E-state index is -0.502. The average molecular weight is 392 g/mol. The van der Waals surface area contributed by atoms with E-state index in [9.17, 15) is 9.59 Å². The molecule has 0 bridgehead atoms. The van der Waals surface area contributed by atoms with Crippen LogP contribution in [0.25, 0.3) is 10.2 Å². The Kier molecular flexibility index (Phi) is 5.27. The van der Waals surface area contributed by atoms with Crippen molar-refractivity contribution in [3.8, 4) is 0 Å². The molecular formula is C17H14ClN3O2S2. The number of aromatic nitrogens is 1. The normalized spacial score (nSPS) is 12.1. The van der Waals surface area contributed by atoms with Crippen LogP contribution in [-0.4, -0.2) is 22.0 Å². The number of amides is 2. The number of nitrogens with two attached hydrogens (primary N) is 1. The number of nitrogens with one attached hydrogen (secondary N) is 1. The predicted octanol–water partition coefficient (Wildman–Crippen LogP) is 4.17. The fourth-order valence-electron chi connectivity index (χ4n) is 2.10. The molecule has 0 fully saturated rings. The fourth-order valence-corrected chi connectivity index (χ4v) is 4.45. The lowest BCUT2D eigenvalue weighted by molar-refractivity contribution is -0.115. The van der Waals surface area contributed by atoms with Gasteiger partial charge in [0.15, 0.2) is 4.34 Å². The van der Waals surface area contributed by atoms with E-state index in [2.05, 4.69) is 10.3 Å². The third-order valence-corrected chi connectivity index (χ3v) is 5.88. The quantitative estimate of drug-likeness (QED) is 0.639. The van der Waals surface area contributed by atoms with Gasteiger partial charge in [0, 0.05) is 16.3 Å². The molecule has 1 aromatic heterocycles. The minimum absolute atomic E-state index is 0.144. The molecule has 2 amide bonds. The van der Waals surface area contributed by atoms with Gasteiger partial charge in [0.25, 0.3) is 0 Å². The second kappa shape index (κ2) is 7.43. The van der Waals surface area contributed by atoms with Crippen LogP contribution in [-0.2, 0) is 4.79 Å². The minimum Gasteiger partial charge on any atom is -0.366 e. The highest BCUT2D eigenvalue weighted by Crippen LogP contribution is 2.33. The SMILES string of the molecule is CC(Sc1nc2cc(Cl)ccc2s1)C(=O)Nc1ccc(C(N)=O)cc1. The number of hydrogen-bond acceptors (Lipinski definition) is 5. The third kappa shape index (κ3) is 4.31. The third-order valence-electron chi connectivity index (χ3n) is 3.41. The first kappa shape index (κ1) is 17.7. The summed E-state index contributed by atoms with van der Waals surface area (Å²) in [6.45, 7) is 1.82. The van der Waals surface area contributed by atoms with Crippen molar-refractivity contribution in [2.24, 2.45) is 5.73 Å². The lowest BCUT2D eigenvalue weighted by Crippen LogP contribution is -2.22. The molecule has 0 saturated heterocycles. The topological polar surface area (TPSA) is 85.1 Å². The van der Waals surface area contributed by atoms with Gasteiger partial charge in [-0.3, -0.25) is 9.59 Å². The van der Waals surface area contributed by atoms with Gasteiger partial charge in [-0.2, -0.15) is 0 Å². The first-order valence-electron chi connectivity index (χ1n) is 7.36. The van der Waals surface area contributed by atoms with Gasteiger partial charge in [-0.15, -0.1) is 11.3 Å². The summed E-state index contributed by atoms with van der Waals surface area (Å²) in [5.74, 6) is -0.646. The molecule has 0 radical (unpaired) electrons. The molecule has 3 aromatic rings. The number of halogens is 1. The molecule has 3 rings (SSSR count). The van der Waals surface area contributed by atoms with E-state index in [0.29, 0.717) is 16.3 Å². The van der Waals surface area contributed by atoms with Gasteiger partial charge in [-0.25, -0.2) is 4.98 Å². The largest absolute Gasteiger partial charge is 0.366 e. The molecule has 3 N–H and O–H groups in total. The summed E-state index contributed by atoms with van der Waals surface area (Å²) in [5, 5.41) is 3.13. The van der Waals surface area contributed by atoms with E-state index < -0.39 is 5.91 Å². The van der Waals surface area contributed by atoms with Gasteiger partial charge in [0.2, 0.25) is 11.8 Å². The zero-order valence-corrected chi connectivity index (χ0v) is 15.5. The number of benzene rings is 2. The van der Waals surface area contributed by atoms with Crippen molar-refractivity contribution in [2.75, 3.05) is 5.32 Å². The van der Waals surface area contributed by atoms with Gasteiger partial charge in [-0.1, -0.05) is 23.4 Å². The van der Waals surface area contributed by atoms with Gasteiger partial charge >= 0.3 is 0 Å². The summed E-state index contributed by atoms with van der Waals surface area (Å²) in [5.41, 5.74) is 7.03. The van der Waals surface area contributed by atoms with E-state index in [1.54, 1.807) is 24.3 Å². The second-order valence-corrected chi connectivity index (χ2v) is 8.34. The van der Waals surface area contributed by atoms with E-state index in [4.69, 9.17) is 17.3 Å². The van der Waals surface area contributed by atoms with Crippen molar-refractivity contribution < 1.29 is 9.59 Å². The molecule has 0 aliphatic carbocycles. The molecule has 0 aliphatic rings. The molecule has 1 heterocycles. The fraction of sp³-hybridized carbons (Fsp3) is 0.118. The van der Waals surface area contributed by atoms with E-state index in [1.165, 1.54) is 23.1 Å². The van der Waals surface area contributed by atoms with Gasteiger partial charge in [0.1, 0.15) is 0 Å². The first-order chi connectivity index (χ1) is 11.9. The van der Waals surface area contributed by atoms with Crippen molar-refractivity contribution in [3.05, 3.63) is 53.1 Å². The molecule has 0 saturated carbocycles. The lowest BCUT2D eigenvalue weighted by atomic mass is 10.2. The van der Waals surface area contributed by atoms with Gasteiger partial charge in [-0.05, 0) is 49.4 Å². The monoisotopic (exact) mass is 391 g/mol. The molecule has 0 aliphatic heterocycles. The molecular weight excluding hydrogens is 378 g/mol. The highest BCUT2D eigenvalue weighted by Gasteiger charge is 2.17. The Hall–Kier alpha value is -2.09. The second-order valence-electron chi connectivity index (χ2n) is 5.28. The Morgan fingerprint density at radius 3 is 2.64 bits per heavy atom. The molecule has 1 atom stereocenters. The molecule has 1 unspecified atom stereocenters. The van der Waals surface area contributed by atoms with Crippen LogP contribution in [0.3, 0.4) is 0 Å². The Labute approximate surface area is 157 Å². The predicted molar refractivity (Wildman–Crippen MR) is 104 cm³/mol. The van der Waals surface area contributed by atoms with Crippen LogP contribution >= 0.6 is 34.7 Å². The van der Waals surface area contributed by atoms with Gasteiger partial charge < -0.3 is 11.1 Å². The van der Waals surface area contributed by atoms with Crippen LogP contribution in [0.5, 0.6) is 0 Å². The van der Waals surface area contributed by atoms with Crippen molar-refractivity contribution in [1.82, 2.24) is 4.98 Å². The smallest absolute Gasteiger partial charge is 0.248 e. The number of hydrogen-bond donors (Lipinski definition) is 2. The van der Waals surface area contributed by atoms with Crippen LogP contribution in [0.2, 0.25) is 5.02 Å². The van der Waals surface area contributed by atoms with Crippen molar-refractivity contribution >= 4 is 62.4 Å². The number of carbonyl (C=O) groups is 2. The van der Waals surface area contributed by atoms with E-state index >= 15 is 0 Å². The summed E-state index contributed by atoms with van der Waals surface area (Å²) >= 11 is 8.88. The number of anilines is 1. The number of thioether (sulfide) groups is 1. The van der Waals surface area contributed by atoms with Crippen LogP contribution in [0.1, 0.15) is 17.3 Å². The molecule has 2 aromatic carbocycles. The Morgan fingerprint density at radius 2 is 1.96 bits per heavy atom. The number of rotatable bonds is 5. The lowest BCUT2D eigenvalue weighted by Gasteiger charge is -2.10. The van der Waals surface area contributed by atoms with E-state index in [1.807, 2.05) is 25.1 Å². The zero-order valence-electron chi connectivity index (χ0n) is 13.2. The zero-order chi connectivity index (χ0) is 18.0. The molecule has 25 heavy (non-hydrogen) atoms. The van der Waals surface area contributed by atoms with Crippen LogP contribution in [0.4, 0.5) is 5.69 Å². The standard InChI is InChI=1S/C17H14ClN3O2S2/c1-9(16(23)20-12-5-2-10(3-6-12)15(19)22)24-17-21-13-8-11(18)4-7-14(13)25-17/h2-9H,1H3,(H2,19,22)(H,20,23).